The largest absolute Gasteiger partial charge is 0.369 e. The zero-order chi connectivity index (χ0) is 22.5. The molecule has 0 aromatic carbocycles. The van der Waals surface area contributed by atoms with Gasteiger partial charge in [0.2, 0.25) is 0 Å². The molecule has 5 nitrogen and oxygen atoms in total. The molecule has 1 heterocycles. The Morgan fingerprint density at radius 1 is 1.35 bits per heavy atom. The van der Waals surface area contributed by atoms with Gasteiger partial charge in [0, 0.05) is 37.5 Å². The first-order chi connectivity index (χ1) is 14.8. The van der Waals surface area contributed by atoms with Gasteiger partial charge in [0.05, 0.1) is 12.8 Å². The van der Waals surface area contributed by atoms with Crippen molar-refractivity contribution < 1.29 is 4.74 Å². The summed E-state index contributed by atoms with van der Waals surface area (Å²) in [7, 11) is 1.77. The van der Waals surface area contributed by atoms with Crippen LogP contribution in [0.3, 0.4) is 0 Å². The van der Waals surface area contributed by atoms with Crippen LogP contribution in [-0.2, 0) is 4.74 Å². The molecule has 0 saturated carbocycles. The Morgan fingerprint density at radius 2 is 2.06 bits per heavy atom. The Bertz CT molecular complexity index is 824. The van der Waals surface area contributed by atoms with Gasteiger partial charge in [-0.05, 0) is 63.0 Å². The molecule has 0 aromatic heterocycles. The van der Waals surface area contributed by atoms with Gasteiger partial charge in [-0.25, -0.2) is 0 Å². The summed E-state index contributed by atoms with van der Waals surface area (Å²) < 4.78 is 5.31. The lowest BCUT2D eigenvalue weighted by molar-refractivity contribution is 0.0433. The lowest BCUT2D eigenvalue weighted by Gasteiger charge is -2.35. The molecule has 3 rings (SSSR count). The second-order valence-electron chi connectivity index (χ2n) is 9.42. The topological polar surface area (TPSA) is 62.9 Å². The Labute approximate surface area is 188 Å². The van der Waals surface area contributed by atoms with Gasteiger partial charge >= 0.3 is 0 Å². The first kappa shape index (κ1) is 23.7. The minimum atomic E-state index is -0.0787. The third-order valence-electron chi connectivity index (χ3n) is 6.56. The van der Waals surface area contributed by atoms with Crippen molar-refractivity contribution in [3.05, 3.63) is 58.9 Å². The van der Waals surface area contributed by atoms with Crippen molar-refractivity contribution in [2.45, 2.75) is 59.0 Å². The van der Waals surface area contributed by atoms with Crippen molar-refractivity contribution in [3.63, 3.8) is 0 Å². The average molecular weight is 425 g/mol. The zero-order valence-electron chi connectivity index (χ0n) is 19.9. The molecule has 0 radical (unpaired) electrons. The number of methoxy groups -OCH3 is 1. The molecule has 0 amide bonds. The molecular weight excluding hydrogens is 384 g/mol. The fourth-order valence-corrected chi connectivity index (χ4v) is 4.69. The molecule has 170 valence electrons. The second-order valence-corrected chi connectivity index (χ2v) is 9.42. The molecule has 1 saturated heterocycles. The van der Waals surface area contributed by atoms with E-state index in [1.807, 2.05) is 6.92 Å². The van der Waals surface area contributed by atoms with Crippen LogP contribution in [0.2, 0.25) is 0 Å². The third-order valence-corrected chi connectivity index (χ3v) is 6.56. The van der Waals surface area contributed by atoms with Gasteiger partial charge in [-0.3, -0.25) is 9.89 Å². The van der Waals surface area contributed by atoms with E-state index in [0.29, 0.717) is 5.92 Å². The number of aliphatic imine (C=N–C) groups is 1. The summed E-state index contributed by atoms with van der Waals surface area (Å²) >= 11 is 0. The highest BCUT2D eigenvalue weighted by Crippen LogP contribution is 2.33. The Morgan fingerprint density at radius 3 is 2.65 bits per heavy atom. The summed E-state index contributed by atoms with van der Waals surface area (Å²) in [6.45, 7) is 15.4. The molecule has 0 bridgehead atoms. The SMILES string of the molecule is C=C(C)NC(=N[C@H](C)C1=CCC(C)=C1)C1=CC(C2CCN(COC)CC2)=CC(C)C1N. The minimum Gasteiger partial charge on any atom is -0.369 e. The number of piperidine rings is 1. The van der Waals surface area contributed by atoms with E-state index in [0.717, 1.165) is 56.2 Å². The van der Waals surface area contributed by atoms with Crippen molar-refractivity contribution in [1.82, 2.24) is 10.2 Å². The van der Waals surface area contributed by atoms with E-state index in [2.05, 4.69) is 61.9 Å². The molecule has 3 atom stereocenters. The quantitative estimate of drug-likeness (QED) is 0.472. The number of allylic oxidation sites excluding steroid dienone is 5. The number of likely N-dealkylation sites (tertiary alicyclic amines) is 1. The molecule has 1 aliphatic heterocycles. The standard InChI is InChI=1S/C26H40N4O/c1-17(2)28-26(29-20(5)22-8-7-18(3)13-22)24-15-23(14-19(4)25(24)27)21-9-11-30(12-10-21)16-31-6/h8,13-15,19-21,25H,1,7,9-12,16,27H2,2-6H3,(H,28,29)/t19?,20-,25?/m1/s1. The number of rotatable bonds is 7. The van der Waals surface area contributed by atoms with E-state index in [1.165, 1.54) is 16.7 Å². The Hall–Kier alpha value is -1.95. The summed E-state index contributed by atoms with van der Waals surface area (Å²) in [5.74, 6) is 1.69. The van der Waals surface area contributed by atoms with Crippen molar-refractivity contribution in [1.29, 1.82) is 0 Å². The smallest absolute Gasteiger partial charge is 0.130 e. The molecule has 2 unspecified atom stereocenters. The molecule has 3 aliphatic rings. The van der Waals surface area contributed by atoms with Gasteiger partial charge in [0.1, 0.15) is 5.84 Å². The second kappa shape index (κ2) is 10.6. The minimum absolute atomic E-state index is 0.0781. The Balaban J connectivity index is 1.85. The summed E-state index contributed by atoms with van der Waals surface area (Å²) in [4.78, 5) is 7.47. The van der Waals surface area contributed by atoms with Gasteiger partial charge in [0.25, 0.3) is 0 Å². The van der Waals surface area contributed by atoms with Crippen LogP contribution in [0.25, 0.3) is 0 Å². The monoisotopic (exact) mass is 424 g/mol. The lowest BCUT2D eigenvalue weighted by atomic mass is 9.79. The molecule has 31 heavy (non-hydrogen) atoms. The highest BCUT2D eigenvalue weighted by molar-refractivity contribution is 6.01. The number of ether oxygens (including phenoxy) is 1. The third kappa shape index (κ3) is 6.06. The van der Waals surface area contributed by atoms with Crippen LogP contribution in [0.4, 0.5) is 0 Å². The molecule has 2 aliphatic carbocycles. The predicted octanol–water partition coefficient (Wildman–Crippen LogP) is 4.32. The van der Waals surface area contributed by atoms with Crippen molar-refractivity contribution in [2.24, 2.45) is 22.6 Å². The number of hydrogen-bond acceptors (Lipinski definition) is 4. The summed E-state index contributed by atoms with van der Waals surface area (Å²) in [5, 5.41) is 3.42. The molecule has 1 fully saturated rings. The fourth-order valence-electron chi connectivity index (χ4n) is 4.69. The normalized spacial score (nSPS) is 26.7. The van der Waals surface area contributed by atoms with E-state index in [4.69, 9.17) is 15.5 Å². The lowest BCUT2D eigenvalue weighted by Crippen LogP contribution is -2.41. The highest BCUT2D eigenvalue weighted by atomic mass is 16.5. The van der Waals surface area contributed by atoms with Gasteiger partial charge in [-0.15, -0.1) is 0 Å². The van der Waals surface area contributed by atoms with Crippen LogP contribution >= 0.6 is 0 Å². The summed E-state index contributed by atoms with van der Waals surface area (Å²) in [6, 6.07) is -0.000638. The van der Waals surface area contributed by atoms with E-state index in [-0.39, 0.29) is 18.0 Å². The van der Waals surface area contributed by atoms with Gasteiger partial charge in [-0.2, -0.15) is 0 Å². The molecular formula is C26H40N4O. The van der Waals surface area contributed by atoms with Crippen molar-refractivity contribution in [3.8, 4) is 0 Å². The van der Waals surface area contributed by atoms with Crippen LogP contribution in [-0.4, -0.2) is 49.7 Å². The molecule has 0 aromatic rings. The van der Waals surface area contributed by atoms with E-state index in [9.17, 15) is 0 Å². The van der Waals surface area contributed by atoms with Crippen LogP contribution in [0.1, 0.15) is 47.0 Å². The fraction of sp³-hybridized carbons (Fsp3) is 0.577. The predicted molar refractivity (Wildman–Crippen MR) is 131 cm³/mol. The number of nitrogens with zero attached hydrogens (tertiary/aromatic N) is 2. The van der Waals surface area contributed by atoms with Gasteiger partial charge < -0.3 is 15.8 Å². The van der Waals surface area contributed by atoms with E-state index >= 15 is 0 Å². The van der Waals surface area contributed by atoms with Gasteiger partial charge in [-0.1, -0.05) is 43.4 Å². The molecule has 5 heteroatoms. The molecule has 0 spiro atoms. The van der Waals surface area contributed by atoms with E-state index in [1.54, 1.807) is 7.11 Å². The molecule has 3 N–H and O–H groups in total. The maximum absolute atomic E-state index is 6.69. The van der Waals surface area contributed by atoms with Crippen LogP contribution in [0.5, 0.6) is 0 Å². The highest BCUT2D eigenvalue weighted by Gasteiger charge is 2.29. The van der Waals surface area contributed by atoms with Crippen LogP contribution in [0.15, 0.2) is 63.9 Å². The first-order valence-corrected chi connectivity index (χ1v) is 11.6. The zero-order valence-corrected chi connectivity index (χ0v) is 19.9. The van der Waals surface area contributed by atoms with Crippen molar-refractivity contribution >= 4 is 5.84 Å². The number of nitrogens with two attached hydrogens (primary N) is 1. The first-order valence-electron chi connectivity index (χ1n) is 11.6. The maximum Gasteiger partial charge on any atom is 0.130 e. The summed E-state index contributed by atoms with van der Waals surface area (Å²) in [6.07, 6.45) is 12.5. The van der Waals surface area contributed by atoms with Gasteiger partial charge in [0.15, 0.2) is 0 Å². The number of nitrogens with one attached hydrogen (secondary N) is 1. The van der Waals surface area contributed by atoms with E-state index < -0.39 is 0 Å². The van der Waals surface area contributed by atoms with Crippen LogP contribution in [0, 0.1) is 11.8 Å². The Kier molecular flexibility index (Phi) is 8.09. The van der Waals surface area contributed by atoms with Crippen LogP contribution < -0.4 is 11.1 Å². The van der Waals surface area contributed by atoms with Crippen molar-refractivity contribution in [2.75, 3.05) is 26.9 Å². The number of amidine groups is 1. The maximum atomic E-state index is 6.69. The average Bonchev–Trinajstić information content (AvgIpc) is 3.16. The number of hydrogen-bond donors (Lipinski definition) is 2. The summed E-state index contributed by atoms with van der Waals surface area (Å²) in [5.41, 5.74) is 12.7.